The van der Waals surface area contributed by atoms with Gasteiger partial charge < -0.3 is 19.8 Å². The molecule has 3 aromatic rings. The number of hydrogen-bond acceptors (Lipinski definition) is 7. The molecule has 4 rings (SSSR count). The maximum atomic E-state index is 11.3. The van der Waals surface area contributed by atoms with Crippen molar-refractivity contribution in [3.63, 3.8) is 0 Å². The van der Waals surface area contributed by atoms with E-state index in [-0.39, 0.29) is 6.42 Å². The van der Waals surface area contributed by atoms with Crippen LogP contribution in [0.15, 0.2) is 59.9 Å². The van der Waals surface area contributed by atoms with Gasteiger partial charge in [0.25, 0.3) is 0 Å². The van der Waals surface area contributed by atoms with E-state index in [1.165, 1.54) is 0 Å². The number of piperidine rings is 1. The second-order valence-electron chi connectivity index (χ2n) is 9.43. The van der Waals surface area contributed by atoms with Gasteiger partial charge in [0.05, 0.1) is 23.8 Å². The predicted molar refractivity (Wildman–Crippen MR) is 142 cm³/mol. The second kappa shape index (κ2) is 13.0. The zero-order valence-corrected chi connectivity index (χ0v) is 21.6. The standard InChI is InChI=1S/C28H35N3O4S/c1-35-22-7-8-25-24(18-22)23(11-14-29-25)26(32)9-5-20-12-15-31(19-21(20)6-10-28(33)34)16-17-36-27-4-2-3-13-30-27/h2-4,7-8,11,13-14,18,20-21,26,32H,5-6,9-10,12,15-17,19H2,1H3,(H,33,34)/t20?,21?,26-/m0/s1. The molecule has 2 N–H and O–H groups in total. The minimum Gasteiger partial charge on any atom is -0.497 e. The van der Waals surface area contributed by atoms with Gasteiger partial charge in [0, 0.05) is 43.0 Å². The lowest BCUT2D eigenvalue weighted by Gasteiger charge is -2.39. The number of benzene rings is 1. The van der Waals surface area contributed by atoms with Gasteiger partial charge >= 0.3 is 5.97 Å². The van der Waals surface area contributed by atoms with E-state index in [2.05, 4.69) is 14.9 Å². The number of aliphatic carboxylic acids is 1. The maximum absolute atomic E-state index is 11.3. The maximum Gasteiger partial charge on any atom is 0.303 e. The molecule has 2 unspecified atom stereocenters. The summed E-state index contributed by atoms with van der Waals surface area (Å²) in [6.45, 7) is 2.87. The molecule has 0 bridgehead atoms. The molecule has 3 heterocycles. The summed E-state index contributed by atoms with van der Waals surface area (Å²) in [4.78, 5) is 22.6. The molecule has 1 aliphatic heterocycles. The van der Waals surface area contributed by atoms with Crippen molar-refractivity contribution in [3.8, 4) is 5.75 Å². The summed E-state index contributed by atoms with van der Waals surface area (Å²) in [7, 11) is 1.63. The molecular weight excluding hydrogens is 474 g/mol. The Kier molecular flexibility index (Phi) is 9.55. The number of carboxylic acid groups (broad SMARTS) is 1. The molecule has 8 heteroatoms. The van der Waals surface area contributed by atoms with E-state index in [0.717, 1.165) is 65.5 Å². The number of ether oxygens (including phenoxy) is 1. The van der Waals surface area contributed by atoms with Crippen LogP contribution in [-0.4, -0.2) is 63.5 Å². The smallest absolute Gasteiger partial charge is 0.303 e. The van der Waals surface area contributed by atoms with E-state index < -0.39 is 12.1 Å². The third kappa shape index (κ3) is 7.18. The summed E-state index contributed by atoms with van der Waals surface area (Å²) in [5.74, 6) is 1.68. The Morgan fingerprint density at radius 3 is 2.83 bits per heavy atom. The number of carbonyl (C=O) groups is 1. The van der Waals surface area contributed by atoms with E-state index in [1.54, 1.807) is 25.1 Å². The zero-order chi connectivity index (χ0) is 25.3. The number of hydrogen-bond donors (Lipinski definition) is 2. The van der Waals surface area contributed by atoms with Crippen LogP contribution in [0.5, 0.6) is 5.75 Å². The first-order chi connectivity index (χ1) is 17.5. The molecular formula is C28H35N3O4S. The topological polar surface area (TPSA) is 95.8 Å². The largest absolute Gasteiger partial charge is 0.497 e. The van der Waals surface area contributed by atoms with Crippen LogP contribution < -0.4 is 4.74 Å². The fourth-order valence-corrected chi connectivity index (χ4v) is 6.05. The Balaban J connectivity index is 1.35. The summed E-state index contributed by atoms with van der Waals surface area (Å²) in [6, 6.07) is 13.6. The van der Waals surface area contributed by atoms with Crippen molar-refractivity contribution in [3.05, 3.63) is 60.4 Å². The summed E-state index contributed by atoms with van der Waals surface area (Å²) in [6.07, 6.45) is 6.35. The van der Waals surface area contributed by atoms with Crippen LogP contribution in [0.4, 0.5) is 0 Å². The summed E-state index contributed by atoms with van der Waals surface area (Å²) >= 11 is 1.76. The van der Waals surface area contributed by atoms with Crippen LogP contribution in [0.2, 0.25) is 0 Å². The van der Waals surface area contributed by atoms with Crippen molar-refractivity contribution in [1.82, 2.24) is 14.9 Å². The number of pyridine rings is 2. The number of methoxy groups -OCH3 is 1. The first kappa shape index (κ1) is 26.4. The summed E-state index contributed by atoms with van der Waals surface area (Å²) in [5.41, 5.74) is 1.70. The van der Waals surface area contributed by atoms with Gasteiger partial charge in [-0.15, -0.1) is 11.8 Å². The quantitative estimate of drug-likeness (QED) is 0.328. The molecule has 1 aliphatic rings. The fraction of sp³-hybridized carbons (Fsp3) is 0.464. The van der Waals surface area contributed by atoms with E-state index in [1.807, 2.05) is 48.7 Å². The van der Waals surface area contributed by atoms with Crippen LogP contribution in [0.3, 0.4) is 0 Å². The normalized spacial score (nSPS) is 19.3. The minimum atomic E-state index is -0.742. The Morgan fingerprint density at radius 2 is 2.06 bits per heavy atom. The molecule has 36 heavy (non-hydrogen) atoms. The fourth-order valence-electron chi connectivity index (χ4n) is 5.18. The molecule has 3 atom stereocenters. The third-order valence-electron chi connectivity index (χ3n) is 7.15. The second-order valence-corrected chi connectivity index (χ2v) is 10.5. The molecule has 1 saturated heterocycles. The summed E-state index contributed by atoms with van der Waals surface area (Å²) in [5, 5.41) is 22.3. The van der Waals surface area contributed by atoms with Gasteiger partial charge in [0.1, 0.15) is 5.75 Å². The van der Waals surface area contributed by atoms with Crippen molar-refractivity contribution in [2.45, 2.75) is 43.2 Å². The number of nitrogens with zero attached hydrogens (tertiary/aromatic N) is 3. The molecule has 0 saturated carbocycles. The Bertz CT molecular complexity index is 1130. The lowest BCUT2D eigenvalue weighted by atomic mass is 9.79. The molecule has 0 spiro atoms. The number of rotatable bonds is 12. The van der Waals surface area contributed by atoms with E-state index in [0.29, 0.717) is 24.7 Å². The molecule has 0 amide bonds. The molecule has 0 aliphatic carbocycles. The average molecular weight is 510 g/mol. The van der Waals surface area contributed by atoms with Gasteiger partial charge in [0.2, 0.25) is 0 Å². The third-order valence-corrected chi connectivity index (χ3v) is 8.08. The van der Waals surface area contributed by atoms with Crippen molar-refractivity contribution >= 4 is 28.6 Å². The highest BCUT2D eigenvalue weighted by Crippen LogP contribution is 2.35. The number of fused-ring (bicyclic) bond motifs is 1. The zero-order valence-electron chi connectivity index (χ0n) is 20.8. The first-order valence-electron chi connectivity index (χ1n) is 12.6. The van der Waals surface area contributed by atoms with Gasteiger partial charge in [-0.05, 0) is 86.0 Å². The van der Waals surface area contributed by atoms with Gasteiger partial charge in [-0.25, -0.2) is 4.98 Å². The molecule has 1 aromatic carbocycles. The van der Waals surface area contributed by atoms with Crippen LogP contribution in [0.1, 0.15) is 43.8 Å². The van der Waals surface area contributed by atoms with Crippen molar-refractivity contribution < 1.29 is 19.7 Å². The summed E-state index contributed by atoms with van der Waals surface area (Å²) < 4.78 is 5.37. The van der Waals surface area contributed by atoms with Gasteiger partial charge in [-0.1, -0.05) is 6.07 Å². The van der Waals surface area contributed by atoms with Crippen LogP contribution >= 0.6 is 11.8 Å². The Labute approximate surface area is 216 Å². The lowest BCUT2D eigenvalue weighted by molar-refractivity contribution is -0.137. The SMILES string of the molecule is COc1ccc2nccc([C@@H](O)CCC3CCN(CCSc4ccccn4)CC3CCC(=O)O)c2c1. The van der Waals surface area contributed by atoms with Crippen molar-refractivity contribution in [1.29, 1.82) is 0 Å². The Hall–Kier alpha value is -2.68. The number of thioether (sulfide) groups is 1. The highest BCUT2D eigenvalue weighted by molar-refractivity contribution is 7.99. The lowest BCUT2D eigenvalue weighted by Crippen LogP contribution is -2.41. The molecule has 2 aromatic heterocycles. The van der Waals surface area contributed by atoms with Crippen LogP contribution in [-0.2, 0) is 4.79 Å². The predicted octanol–water partition coefficient (Wildman–Crippen LogP) is 5.05. The Morgan fingerprint density at radius 1 is 1.17 bits per heavy atom. The van der Waals surface area contributed by atoms with E-state index in [9.17, 15) is 15.0 Å². The van der Waals surface area contributed by atoms with Gasteiger partial charge in [-0.3, -0.25) is 9.78 Å². The highest BCUT2D eigenvalue weighted by Gasteiger charge is 2.30. The number of aliphatic hydroxyl groups excluding tert-OH is 1. The van der Waals surface area contributed by atoms with Crippen LogP contribution in [0, 0.1) is 11.8 Å². The van der Waals surface area contributed by atoms with E-state index in [4.69, 9.17) is 4.74 Å². The monoisotopic (exact) mass is 509 g/mol. The molecule has 1 fully saturated rings. The van der Waals surface area contributed by atoms with E-state index >= 15 is 0 Å². The number of likely N-dealkylation sites (tertiary alicyclic amines) is 1. The van der Waals surface area contributed by atoms with Gasteiger partial charge in [-0.2, -0.15) is 0 Å². The number of aliphatic hydroxyl groups is 1. The van der Waals surface area contributed by atoms with Crippen LogP contribution in [0.25, 0.3) is 10.9 Å². The molecule has 7 nitrogen and oxygen atoms in total. The average Bonchev–Trinajstić information content (AvgIpc) is 2.91. The number of carboxylic acids is 1. The first-order valence-corrected chi connectivity index (χ1v) is 13.6. The number of aromatic nitrogens is 2. The van der Waals surface area contributed by atoms with Crippen molar-refractivity contribution in [2.24, 2.45) is 11.8 Å². The van der Waals surface area contributed by atoms with Crippen molar-refractivity contribution in [2.75, 3.05) is 32.5 Å². The van der Waals surface area contributed by atoms with Gasteiger partial charge in [0.15, 0.2) is 0 Å². The molecule has 0 radical (unpaired) electrons. The highest BCUT2D eigenvalue weighted by atomic mass is 32.2. The minimum absolute atomic E-state index is 0.190. The molecule has 192 valence electrons.